The lowest BCUT2D eigenvalue weighted by Gasteiger charge is -2.03. The Kier molecular flexibility index (Phi) is 2.31. The van der Waals surface area contributed by atoms with Crippen LogP contribution in [0.2, 0.25) is 0 Å². The van der Waals surface area contributed by atoms with Crippen LogP contribution in [0.4, 0.5) is 0 Å². The summed E-state index contributed by atoms with van der Waals surface area (Å²) in [5.41, 5.74) is 7.90. The molecular weight excluding hydrogens is 164 g/mol. The zero-order valence-corrected chi connectivity index (χ0v) is 8.03. The topological polar surface area (TPSA) is 56.7 Å². The minimum absolute atomic E-state index is 0.523. The summed E-state index contributed by atoms with van der Waals surface area (Å²) in [6.45, 7) is 3.65. The molecule has 0 atom stereocenters. The second kappa shape index (κ2) is 3.46. The van der Waals surface area contributed by atoms with Gasteiger partial charge >= 0.3 is 0 Å². The first kappa shape index (κ1) is 8.69. The molecule has 1 fully saturated rings. The number of rotatable bonds is 4. The third-order valence-electron chi connectivity index (χ3n) is 2.44. The maximum atomic E-state index is 5.61. The van der Waals surface area contributed by atoms with E-state index in [1.165, 1.54) is 18.5 Å². The van der Waals surface area contributed by atoms with Crippen LogP contribution in [-0.4, -0.2) is 15.0 Å². The Morgan fingerprint density at radius 1 is 1.54 bits per heavy atom. The molecule has 1 aromatic heterocycles. The molecule has 1 saturated carbocycles. The van der Waals surface area contributed by atoms with Crippen molar-refractivity contribution in [1.82, 2.24) is 15.0 Å². The van der Waals surface area contributed by atoms with Crippen LogP contribution in [0.15, 0.2) is 0 Å². The first-order valence-corrected chi connectivity index (χ1v) is 4.99. The Labute approximate surface area is 78.1 Å². The monoisotopic (exact) mass is 180 g/mol. The summed E-state index contributed by atoms with van der Waals surface area (Å²) >= 11 is 0. The first-order chi connectivity index (χ1) is 6.36. The molecule has 1 aliphatic carbocycles. The van der Waals surface area contributed by atoms with E-state index in [1.54, 1.807) is 0 Å². The number of hydrogen-bond donors (Lipinski definition) is 1. The molecule has 0 saturated heterocycles. The minimum Gasteiger partial charge on any atom is -0.325 e. The van der Waals surface area contributed by atoms with Crippen molar-refractivity contribution in [2.24, 2.45) is 5.73 Å². The predicted octanol–water partition coefficient (Wildman–Crippen LogP) is 1.02. The number of hydrogen-bond acceptors (Lipinski definition) is 3. The smallest absolute Gasteiger partial charge is 0.0997 e. The van der Waals surface area contributed by atoms with Crippen LogP contribution >= 0.6 is 0 Å². The van der Waals surface area contributed by atoms with Crippen molar-refractivity contribution < 1.29 is 0 Å². The van der Waals surface area contributed by atoms with E-state index in [-0.39, 0.29) is 0 Å². The third kappa shape index (κ3) is 1.58. The van der Waals surface area contributed by atoms with Gasteiger partial charge in [-0.3, -0.25) is 0 Å². The van der Waals surface area contributed by atoms with Crippen LogP contribution in [-0.2, 0) is 13.1 Å². The largest absolute Gasteiger partial charge is 0.325 e. The van der Waals surface area contributed by atoms with Crippen molar-refractivity contribution in [2.45, 2.75) is 45.2 Å². The van der Waals surface area contributed by atoms with Gasteiger partial charge in [0.15, 0.2) is 0 Å². The molecule has 0 spiro atoms. The summed E-state index contributed by atoms with van der Waals surface area (Å²) in [5, 5.41) is 8.23. The number of aromatic nitrogens is 3. The van der Waals surface area contributed by atoms with Crippen molar-refractivity contribution in [3.05, 3.63) is 11.4 Å². The molecule has 2 N–H and O–H groups in total. The highest BCUT2D eigenvalue weighted by Crippen LogP contribution is 2.41. The van der Waals surface area contributed by atoms with E-state index in [1.807, 2.05) is 4.68 Å². The summed E-state index contributed by atoms with van der Waals surface area (Å²) in [5.74, 6) is 0.695. The van der Waals surface area contributed by atoms with Gasteiger partial charge < -0.3 is 5.73 Å². The van der Waals surface area contributed by atoms with Gasteiger partial charge in [-0.15, -0.1) is 5.10 Å². The fourth-order valence-corrected chi connectivity index (χ4v) is 1.68. The van der Waals surface area contributed by atoms with E-state index < -0.39 is 0 Å². The second-order valence-corrected chi connectivity index (χ2v) is 3.62. The highest BCUT2D eigenvalue weighted by molar-refractivity contribution is 5.20. The van der Waals surface area contributed by atoms with Gasteiger partial charge in [-0.25, -0.2) is 4.68 Å². The molecule has 4 nitrogen and oxygen atoms in total. The van der Waals surface area contributed by atoms with E-state index >= 15 is 0 Å². The van der Waals surface area contributed by atoms with Gasteiger partial charge in [0, 0.05) is 19.0 Å². The van der Waals surface area contributed by atoms with Gasteiger partial charge in [-0.1, -0.05) is 12.1 Å². The van der Waals surface area contributed by atoms with Gasteiger partial charge in [0.05, 0.1) is 11.4 Å². The molecule has 1 aromatic rings. The summed E-state index contributed by atoms with van der Waals surface area (Å²) < 4.78 is 2.03. The number of nitrogens with zero attached hydrogens (tertiary/aromatic N) is 3. The van der Waals surface area contributed by atoms with E-state index in [0.29, 0.717) is 12.5 Å². The summed E-state index contributed by atoms with van der Waals surface area (Å²) in [7, 11) is 0. The average molecular weight is 180 g/mol. The Balaban J connectivity index is 2.27. The van der Waals surface area contributed by atoms with Crippen molar-refractivity contribution in [1.29, 1.82) is 0 Å². The lowest BCUT2D eigenvalue weighted by molar-refractivity contribution is 0.556. The predicted molar refractivity (Wildman–Crippen MR) is 50.2 cm³/mol. The SMILES string of the molecule is CCCn1nnc(CN)c1C1CC1. The molecule has 4 heteroatoms. The van der Waals surface area contributed by atoms with E-state index in [2.05, 4.69) is 17.2 Å². The zero-order valence-electron chi connectivity index (χ0n) is 8.03. The fourth-order valence-electron chi connectivity index (χ4n) is 1.68. The van der Waals surface area contributed by atoms with Crippen LogP contribution in [0.25, 0.3) is 0 Å². The quantitative estimate of drug-likeness (QED) is 0.752. The summed E-state index contributed by atoms with van der Waals surface area (Å²) in [6, 6.07) is 0. The maximum absolute atomic E-state index is 5.61. The number of aryl methyl sites for hydroxylation is 1. The van der Waals surface area contributed by atoms with Gasteiger partial charge in [0.2, 0.25) is 0 Å². The first-order valence-electron chi connectivity index (χ1n) is 4.99. The maximum Gasteiger partial charge on any atom is 0.0997 e. The lowest BCUT2D eigenvalue weighted by atomic mass is 10.2. The summed E-state index contributed by atoms with van der Waals surface area (Å²) in [6.07, 6.45) is 3.67. The summed E-state index contributed by atoms with van der Waals surface area (Å²) in [4.78, 5) is 0. The molecule has 1 aliphatic rings. The van der Waals surface area contributed by atoms with Crippen LogP contribution in [0.5, 0.6) is 0 Å². The number of nitrogens with two attached hydrogens (primary N) is 1. The molecule has 1 heterocycles. The van der Waals surface area contributed by atoms with Crippen molar-refractivity contribution >= 4 is 0 Å². The second-order valence-electron chi connectivity index (χ2n) is 3.62. The Morgan fingerprint density at radius 2 is 2.31 bits per heavy atom. The van der Waals surface area contributed by atoms with E-state index in [0.717, 1.165) is 18.7 Å². The van der Waals surface area contributed by atoms with Gasteiger partial charge in [-0.05, 0) is 19.3 Å². The van der Waals surface area contributed by atoms with Crippen molar-refractivity contribution in [2.75, 3.05) is 0 Å². The lowest BCUT2D eigenvalue weighted by Crippen LogP contribution is -2.06. The Morgan fingerprint density at radius 3 is 2.85 bits per heavy atom. The van der Waals surface area contributed by atoms with E-state index in [4.69, 9.17) is 5.73 Å². The Bertz CT molecular complexity index is 288. The minimum atomic E-state index is 0.523. The van der Waals surface area contributed by atoms with Crippen LogP contribution in [0.3, 0.4) is 0 Å². The van der Waals surface area contributed by atoms with Gasteiger partial charge in [0.1, 0.15) is 0 Å². The average Bonchev–Trinajstić information content (AvgIpc) is 2.89. The molecule has 0 bridgehead atoms. The molecule has 0 unspecified atom stereocenters. The van der Waals surface area contributed by atoms with Crippen molar-refractivity contribution in [3.8, 4) is 0 Å². The van der Waals surface area contributed by atoms with Crippen molar-refractivity contribution in [3.63, 3.8) is 0 Å². The highest BCUT2D eigenvalue weighted by Gasteiger charge is 2.30. The molecule has 72 valence electrons. The van der Waals surface area contributed by atoms with Crippen LogP contribution in [0, 0.1) is 0 Å². The normalized spacial score (nSPS) is 16.5. The molecule has 13 heavy (non-hydrogen) atoms. The molecular formula is C9H16N4. The third-order valence-corrected chi connectivity index (χ3v) is 2.44. The molecule has 0 aliphatic heterocycles. The van der Waals surface area contributed by atoms with Gasteiger partial charge in [0.25, 0.3) is 0 Å². The molecule has 0 radical (unpaired) electrons. The molecule has 2 rings (SSSR count). The van der Waals surface area contributed by atoms with Gasteiger partial charge in [-0.2, -0.15) is 0 Å². The highest BCUT2D eigenvalue weighted by atomic mass is 15.4. The molecule has 0 amide bonds. The van der Waals surface area contributed by atoms with Crippen LogP contribution < -0.4 is 5.73 Å². The standard InChI is InChI=1S/C9H16N4/c1-2-5-13-9(7-3-4-7)8(6-10)11-12-13/h7H,2-6,10H2,1H3. The molecule has 0 aromatic carbocycles. The van der Waals surface area contributed by atoms with Crippen LogP contribution in [0.1, 0.15) is 43.5 Å². The van der Waals surface area contributed by atoms with E-state index in [9.17, 15) is 0 Å². The Hall–Kier alpha value is -0.900. The fraction of sp³-hybridized carbons (Fsp3) is 0.778. The zero-order chi connectivity index (χ0) is 9.26.